The molecule has 5 heteroatoms. The van der Waals surface area contributed by atoms with Crippen LogP contribution in [0.15, 0.2) is 36.4 Å². The van der Waals surface area contributed by atoms with Crippen LogP contribution in [-0.2, 0) is 13.1 Å². The number of rotatable bonds is 4. The number of fused-ring (bicyclic) bond motifs is 2. The first-order chi connectivity index (χ1) is 13.8. The average molecular weight is 390 g/mol. The molecule has 2 aromatic rings. The highest BCUT2D eigenvalue weighted by atomic mass is 16.3. The van der Waals surface area contributed by atoms with Crippen LogP contribution in [0, 0.1) is 5.92 Å². The van der Waals surface area contributed by atoms with E-state index < -0.39 is 5.60 Å². The zero-order chi connectivity index (χ0) is 20.5. The lowest BCUT2D eigenvalue weighted by Gasteiger charge is -2.37. The fraction of sp³-hybridized carbons (Fsp3) is 0.417. The van der Waals surface area contributed by atoms with E-state index >= 15 is 0 Å². The summed E-state index contributed by atoms with van der Waals surface area (Å²) in [7, 11) is 1.80. The van der Waals surface area contributed by atoms with Crippen LogP contribution < -0.4 is 0 Å². The fourth-order valence-corrected chi connectivity index (χ4v) is 5.11. The minimum absolute atomic E-state index is 0.00307. The van der Waals surface area contributed by atoms with Gasteiger partial charge in [-0.15, -0.1) is 0 Å². The molecule has 5 nitrogen and oxygen atoms in total. The third-order valence-electron chi connectivity index (χ3n) is 6.50. The number of hydrogen-bond donors (Lipinski definition) is 1. The molecule has 150 valence electrons. The Hall–Kier alpha value is -2.66. The van der Waals surface area contributed by atoms with Crippen molar-refractivity contribution < 1.29 is 14.7 Å². The highest BCUT2D eigenvalue weighted by Gasteiger charge is 2.48. The van der Waals surface area contributed by atoms with Crippen LogP contribution in [0.5, 0.6) is 0 Å². The summed E-state index contributed by atoms with van der Waals surface area (Å²) in [6.07, 6.45) is 2.13. The van der Waals surface area contributed by atoms with Crippen molar-refractivity contribution >= 4 is 11.8 Å². The van der Waals surface area contributed by atoms with E-state index in [0.29, 0.717) is 19.0 Å². The Balaban J connectivity index is 1.55. The smallest absolute Gasteiger partial charge is 0.255 e. The number of benzene rings is 2. The molecule has 3 aliphatic rings. The summed E-state index contributed by atoms with van der Waals surface area (Å²) >= 11 is 0. The Morgan fingerprint density at radius 1 is 1.00 bits per heavy atom. The topological polar surface area (TPSA) is 60.9 Å². The molecule has 2 amide bonds. The second kappa shape index (κ2) is 6.17. The zero-order valence-electron chi connectivity index (χ0n) is 17.1. The largest absolute Gasteiger partial charge is 0.388 e. The number of carbonyl (C=O) groups excluding carboxylic acids is 2. The number of aliphatic hydroxyl groups is 1. The van der Waals surface area contributed by atoms with Crippen molar-refractivity contribution in [2.45, 2.75) is 51.4 Å². The van der Waals surface area contributed by atoms with Crippen molar-refractivity contribution in [2.75, 3.05) is 7.05 Å². The van der Waals surface area contributed by atoms with Crippen LogP contribution in [0.25, 0.3) is 11.1 Å². The maximum atomic E-state index is 13.5. The predicted octanol–water partition coefficient (Wildman–Crippen LogP) is 3.44. The van der Waals surface area contributed by atoms with E-state index in [1.165, 1.54) is 0 Å². The van der Waals surface area contributed by atoms with Crippen LogP contribution >= 0.6 is 0 Å². The fourth-order valence-electron chi connectivity index (χ4n) is 5.11. The van der Waals surface area contributed by atoms with Gasteiger partial charge in [-0.05, 0) is 67.0 Å². The molecule has 1 saturated carbocycles. The lowest BCUT2D eigenvalue weighted by molar-refractivity contribution is -0.0224. The van der Waals surface area contributed by atoms with Crippen LogP contribution in [0.3, 0.4) is 0 Å². The molecule has 0 aromatic heterocycles. The molecule has 2 aliphatic heterocycles. The normalized spacial score (nSPS) is 19.6. The Bertz CT molecular complexity index is 1030. The third-order valence-corrected chi connectivity index (χ3v) is 6.50. The van der Waals surface area contributed by atoms with Gasteiger partial charge in [-0.25, -0.2) is 0 Å². The lowest BCUT2D eigenvalue weighted by Crippen LogP contribution is -2.51. The van der Waals surface area contributed by atoms with E-state index in [2.05, 4.69) is 0 Å². The van der Waals surface area contributed by atoms with Gasteiger partial charge < -0.3 is 14.9 Å². The molecule has 29 heavy (non-hydrogen) atoms. The third kappa shape index (κ3) is 2.87. The predicted molar refractivity (Wildman–Crippen MR) is 110 cm³/mol. The summed E-state index contributed by atoms with van der Waals surface area (Å²) < 4.78 is 0. The molecule has 5 rings (SSSR count). The second-order valence-corrected chi connectivity index (χ2v) is 9.24. The molecule has 2 heterocycles. The second-order valence-electron chi connectivity index (χ2n) is 9.24. The Morgan fingerprint density at radius 2 is 1.76 bits per heavy atom. The molecule has 0 spiro atoms. The average Bonchev–Trinajstić information content (AvgIpc) is 3.38. The number of hydrogen-bond acceptors (Lipinski definition) is 3. The number of nitrogens with zero attached hydrogens (tertiary/aromatic N) is 2. The van der Waals surface area contributed by atoms with Crippen molar-refractivity contribution in [3.63, 3.8) is 0 Å². The van der Waals surface area contributed by atoms with Gasteiger partial charge >= 0.3 is 0 Å². The van der Waals surface area contributed by atoms with Gasteiger partial charge in [-0.3, -0.25) is 9.59 Å². The first-order valence-electron chi connectivity index (χ1n) is 10.3. The van der Waals surface area contributed by atoms with Crippen molar-refractivity contribution in [3.05, 3.63) is 58.7 Å². The minimum atomic E-state index is -0.933. The minimum Gasteiger partial charge on any atom is -0.388 e. The van der Waals surface area contributed by atoms with Gasteiger partial charge in [0.25, 0.3) is 11.8 Å². The number of carbonyl (C=O) groups is 2. The van der Waals surface area contributed by atoms with E-state index in [9.17, 15) is 14.7 Å². The summed E-state index contributed by atoms with van der Waals surface area (Å²) in [5.74, 6) is 0.422. The summed E-state index contributed by atoms with van der Waals surface area (Å²) in [6.45, 7) is 4.75. The molecule has 1 aliphatic carbocycles. The molecule has 1 atom stereocenters. The van der Waals surface area contributed by atoms with Gasteiger partial charge in [0.2, 0.25) is 0 Å². The molecule has 1 N–H and O–H groups in total. The molecule has 0 saturated heterocycles. The van der Waals surface area contributed by atoms with Crippen LogP contribution in [0.2, 0.25) is 0 Å². The van der Waals surface area contributed by atoms with Crippen molar-refractivity contribution in [1.29, 1.82) is 0 Å². The van der Waals surface area contributed by atoms with Crippen molar-refractivity contribution in [2.24, 2.45) is 5.92 Å². The maximum absolute atomic E-state index is 13.5. The molecular formula is C24H26N2O3. The molecule has 1 fully saturated rings. The van der Waals surface area contributed by atoms with E-state index in [1.807, 2.05) is 41.3 Å². The lowest BCUT2D eigenvalue weighted by atomic mass is 9.92. The maximum Gasteiger partial charge on any atom is 0.255 e. The van der Waals surface area contributed by atoms with Gasteiger partial charge in [-0.2, -0.15) is 0 Å². The quantitative estimate of drug-likeness (QED) is 0.870. The Morgan fingerprint density at radius 3 is 2.45 bits per heavy atom. The summed E-state index contributed by atoms with van der Waals surface area (Å²) in [5, 5.41) is 10.8. The van der Waals surface area contributed by atoms with E-state index in [-0.39, 0.29) is 17.9 Å². The van der Waals surface area contributed by atoms with Crippen LogP contribution in [0.4, 0.5) is 0 Å². The van der Waals surface area contributed by atoms with E-state index in [4.69, 9.17) is 0 Å². The van der Waals surface area contributed by atoms with E-state index in [0.717, 1.165) is 46.2 Å². The van der Waals surface area contributed by atoms with Gasteiger partial charge in [0.15, 0.2) is 0 Å². The summed E-state index contributed by atoms with van der Waals surface area (Å²) in [5.41, 5.74) is 4.43. The molecule has 0 bridgehead atoms. The molecule has 0 radical (unpaired) electrons. The molecule has 2 aromatic carbocycles. The standard InChI is InChI=1S/C24H26N2O3/c1-24(2,29)21(14-7-8-14)26-13-16-5-4-6-18(20(16)23(26)28)15-9-10-19-17(11-15)12-25(3)22(19)27/h4-6,9-11,14,21,29H,7-8,12-13H2,1-3H3/t21-/m1/s1. The van der Waals surface area contributed by atoms with Gasteiger partial charge in [0.05, 0.1) is 17.2 Å². The molecule has 0 unspecified atom stereocenters. The van der Waals surface area contributed by atoms with Crippen LogP contribution in [0.1, 0.15) is 58.5 Å². The monoisotopic (exact) mass is 390 g/mol. The zero-order valence-corrected chi connectivity index (χ0v) is 17.1. The number of amides is 2. The van der Waals surface area contributed by atoms with Crippen LogP contribution in [-0.4, -0.2) is 45.4 Å². The van der Waals surface area contributed by atoms with Gasteiger partial charge in [0.1, 0.15) is 0 Å². The Kier molecular flexibility index (Phi) is 3.91. The summed E-state index contributed by atoms with van der Waals surface area (Å²) in [4.78, 5) is 29.3. The van der Waals surface area contributed by atoms with Gasteiger partial charge in [0, 0.05) is 25.7 Å². The van der Waals surface area contributed by atoms with Crippen molar-refractivity contribution in [1.82, 2.24) is 9.80 Å². The Labute approximate surface area is 170 Å². The van der Waals surface area contributed by atoms with Crippen molar-refractivity contribution in [3.8, 4) is 11.1 Å². The summed E-state index contributed by atoms with van der Waals surface area (Å²) in [6, 6.07) is 11.7. The first-order valence-corrected chi connectivity index (χ1v) is 10.3. The highest BCUT2D eigenvalue weighted by molar-refractivity contribution is 6.05. The first kappa shape index (κ1) is 18.4. The SMILES string of the molecule is CN1Cc2cc(-c3cccc4c3C(=O)N([C@H](C3CC3)C(C)(C)O)C4)ccc2C1=O. The molecular weight excluding hydrogens is 364 g/mol. The highest BCUT2D eigenvalue weighted by Crippen LogP contribution is 2.44. The van der Waals surface area contributed by atoms with E-state index in [1.54, 1.807) is 25.8 Å². The van der Waals surface area contributed by atoms with Gasteiger partial charge in [-0.1, -0.05) is 24.3 Å².